The normalized spacial score (nSPS) is 20.3. The molecule has 1 aliphatic heterocycles. The van der Waals surface area contributed by atoms with Gasteiger partial charge in [-0.25, -0.2) is 0 Å². The van der Waals surface area contributed by atoms with Crippen LogP contribution in [0.5, 0.6) is 0 Å². The molecule has 1 aromatic heterocycles. The fraction of sp³-hybridized carbons (Fsp3) is 0.579. The van der Waals surface area contributed by atoms with E-state index in [2.05, 4.69) is 4.98 Å². The fourth-order valence-corrected chi connectivity index (χ4v) is 3.10. The first-order valence-corrected chi connectivity index (χ1v) is 9.21. The SMILES string of the molecule is C1CCCCC1.Clc1ccc2[nH]ccc2c1.NC[C@@H]1CCCO1. The number of rotatable bonds is 1. The van der Waals surface area contributed by atoms with Gasteiger partial charge in [0.2, 0.25) is 0 Å². The van der Waals surface area contributed by atoms with Crippen LogP contribution in [-0.2, 0) is 4.74 Å². The van der Waals surface area contributed by atoms with Gasteiger partial charge in [0.15, 0.2) is 0 Å². The highest BCUT2D eigenvalue weighted by Crippen LogP contribution is 2.17. The Labute approximate surface area is 144 Å². The predicted octanol–water partition coefficient (Wildman–Crippen LogP) is 5.29. The van der Waals surface area contributed by atoms with Gasteiger partial charge in [-0.15, -0.1) is 0 Å². The van der Waals surface area contributed by atoms with Crippen LogP contribution in [0.3, 0.4) is 0 Å². The van der Waals surface area contributed by atoms with Gasteiger partial charge in [-0.2, -0.15) is 0 Å². The molecule has 2 aliphatic rings. The topological polar surface area (TPSA) is 51.0 Å². The molecule has 1 atom stereocenters. The first-order valence-electron chi connectivity index (χ1n) is 8.84. The zero-order chi connectivity index (χ0) is 16.3. The first kappa shape index (κ1) is 18.3. The molecule has 3 N–H and O–H groups in total. The zero-order valence-corrected chi connectivity index (χ0v) is 14.7. The molecule has 0 radical (unpaired) electrons. The van der Waals surface area contributed by atoms with Gasteiger partial charge in [0.05, 0.1) is 6.10 Å². The van der Waals surface area contributed by atoms with Gasteiger partial charge < -0.3 is 15.5 Å². The van der Waals surface area contributed by atoms with Crippen LogP contribution in [0, 0.1) is 0 Å². The summed E-state index contributed by atoms with van der Waals surface area (Å²) in [4.78, 5) is 3.09. The molecule has 2 fully saturated rings. The predicted molar refractivity (Wildman–Crippen MR) is 99.0 cm³/mol. The molecule has 4 heteroatoms. The Bertz CT molecular complexity index is 534. The monoisotopic (exact) mass is 336 g/mol. The van der Waals surface area contributed by atoms with Crippen LogP contribution in [-0.4, -0.2) is 24.2 Å². The highest BCUT2D eigenvalue weighted by atomic mass is 35.5. The summed E-state index contributed by atoms with van der Waals surface area (Å²) in [5.41, 5.74) is 6.44. The van der Waals surface area contributed by atoms with Crippen molar-refractivity contribution in [3.05, 3.63) is 35.5 Å². The molecule has 2 aromatic rings. The number of H-pyrrole nitrogens is 1. The minimum absolute atomic E-state index is 0.375. The molecule has 0 amide bonds. The third-order valence-corrected chi connectivity index (χ3v) is 4.54. The molecule has 23 heavy (non-hydrogen) atoms. The molecule has 0 bridgehead atoms. The number of hydrogen-bond acceptors (Lipinski definition) is 2. The van der Waals surface area contributed by atoms with Crippen LogP contribution >= 0.6 is 11.6 Å². The maximum atomic E-state index is 5.76. The van der Waals surface area contributed by atoms with Gasteiger partial charge >= 0.3 is 0 Å². The number of hydrogen-bond donors (Lipinski definition) is 2. The summed E-state index contributed by atoms with van der Waals surface area (Å²) in [6.45, 7) is 1.61. The van der Waals surface area contributed by atoms with Gasteiger partial charge in [-0.05, 0) is 37.1 Å². The third-order valence-electron chi connectivity index (χ3n) is 4.30. The average Bonchev–Trinajstić information content (AvgIpc) is 3.28. The molecular weight excluding hydrogens is 308 g/mol. The van der Waals surface area contributed by atoms with Crippen LogP contribution in [0.25, 0.3) is 10.9 Å². The number of fused-ring (bicyclic) bond motifs is 1. The van der Waals surface area contributed by atoms with E-state index in [1.165, 1.54) is 44.9 Å². The lowest BCUT2D eigenvalue weighted by Gasteiger charge is -2.05. The third kappa shape index (κ3) is 6.94. The quantitative estimate of drug-likeness (QED) is 0.743. The molecule has 128 valence electrons. The number of ether oxygens (including phenoxy) is 1. The van der Waals surface area contributed by atoms with E-state index in [0.29, 0.717) is 12.6 Å². The smallest absolute Gasteiger partial charge is 0.0698 e. The summed E-state index contributed by atoms with van der Waals surface area (Å²) in [6.07, 6.45) is 13.6. The highest BCUT2D eigenvalue weighted by Gasteiger charge is 2.11. The van der Waals surface area contributed by atoms with Crippen molar-refractivity contribution in [3.63, 3.8) is 0 Å². The van der Waals surface area contributed by atoms with Crippen LogP contribution < -0.4 is 5.73 Å². The molecule has 4 rings (SSSR count). The molecule has 1 saturated carbocycles. The van der Waals surface area contributed by atoms with Crippen molar-refractivity contribution < 1.29 is 4.74 Å². The summed E-state index contributed by atoms with van der Waals surface area (Å²) in [5, 5.41) is 1.94. The molecule has 1 saturated heterocycles. The summed E-state index contributed by atoms with van der Waals surface area (Å²) in [7, 11) is 0. The Morgan fingerprint density at radius 3 is 2.26 bits per heavy atom. The molecule has 1 aromatic carbocycles. The van der Waals surface area contributed by atoms with E-state index >= 15 is 0 Å². The van der Waals surface area contributed by atoms with Crippen molar-refractivity contribution in [1.82, 2.24) is 4.98 Å². The van der Waals surface area contributed by atoms with Crippen LogP contribution in [0.2, 0.25) is 5.02 Å². The number of benzene rings is 1. The van der Waals surface area contributed by atoms with Crippen LogP contribution in [0.15, 0.2) is 30.5 Å². The molecule has 3 nitrogen and oxygen atoms in total. The molecule has 1 aliphatic carbocycles. The van der Waals surface area contributed by atoms with Gasteiger partial charge in [0, 0.05) is 35.3 Å². The Balaban J connectivity index is 0.000000131. The lowest BCUT2D eigenvalue weighted by atomic mass is 10.0. The summed E-state index contributed by atoms with van der Waals surface area (Å²) >= 11 is 5.76. The molecule has 0 spiro atoms. The number of aromatic amines is 1. The van der Waals surface area contributed by atoms with E-state index in [-0.39, 0.29) is 0 Å². The standard InChI is InChI=1S/C8H6ClN.C6H12.C5H11NO/c9-7-1-2-8-6(5-7)3-4-10-8;1-2-4-6-5-3-1;6-4-5-2-1-3-7-5/h1-5,10H;1-6H2;5H,1-4,6H2/t;;5-/m..0/s1. The first-order chi connectivity index (χ1) is 11.3. The zero-order valence-electron chi connectivity index (χ0n) is 13.9. The summed E-state index contributed by atoms with van der Waals surface area (Å²) in [5.74, 6) is 0. The number of aromatic nitrogens is 1. The van der Waals surface area contributed by atoms with E-state index in [9.17, 15) is 0 Å². The van der Waals surface area contributed by atoms with Crippen LogP contribution in [0.4, 0.5) is 0 Å². The molecule has 0 unspecified atom stereocenters. The Hall–Kier alpha value is -1.03. The van der Waals surface area contributed by atoms with Crippen LogP contribution in [0.1, 0.15) is 51.4 Å². The van der Waals surface area contributed by atoms with Crippen molar-refractivity contribution in [1.29, 1.82) is 0 Å². The Morgan fingerprint density at radius 2 is 1.74 bits per heavy atom. The summed E-state index contributed by atoms with van der Waals surface area (Å²) in [6, 6.07) is 7.78. The van der Waals surface area contributed by atoms with E-state index in [4.69, 9.17) is 22.1 Å². The van der Waals surface area contributed by atoms with E-state index in [1.807, 2.05) is 30.5 Å². The minimum atomic E-state index is 0.375. The van der Waals surface area contributed by atoms with E-state index < -0.39 is 0 Å². The maximum Gasteiger partial charge on any atom is 0.0698 e. The Morgan fingerprint density at radius 1 is 1.04 bits per heavy atom. The minimum Gasteiger partial charge on any atom is -0.377 e. The van der Waals surface area contributed by atoms with E-state index in [1.54, 1.807) is 0 Å². The lowest BCUT2D eigenvalue weighted by molar-refractivity contribution is 0.117. The second-order valence-electron chi connectivity index (χ2n) is 6.20. The molecule has 2 heterocycles. The largest absolute Gasteiger partial charge is 0.377 e. The van der Waals surface area contributed by atoms with Crippen molar-refractivity contribution >= 4 is 22.5 Å². The van der Waals surface area contributed by atoms with Gasteiger partial charge in [0.1, 0.15) is 0 Å². The van der Waals surface area contributed by atoms with Crippen molar-refractivity contribution in [3.8, 4) is 0 Å². The molecular formula is C19H29ClN2O. The van der Waals surface area contributed by atoms with Gasteiger partial charge in [0.25, 0.3) is 0 Å². The number of nitrogens with one attached hydrogen (secondary N) is 1. The van der Waals surface area contributed by atoms with Gasteiger partial charge in [-0.3, -0.25) is 0 Å². The summed E-state index contributed by atoms with van der Waals surface area (Å²) < 4.78 is 5.18. The van der Waals surface area contributed by atoms with Crippen molar-refractivity contribution in [2.45, 2.75) is 57.5 Å². The van der Waals surface area contributed by atoms with Crippen molar-refractivity contribution in [2.75, 3.05) is 13.2 Å². The number of nitrogens with two attached hydrogens (primary N) is 1. The average molecular weight is 337 g/mol. The number of halogens is 1. The second-order valence-corrected chi connectivity index (χ2v) is 6.64. The van der Waals surface area contributed by atoms with E-state index in [0.717, 1.165) is 29.0 Å². The fourth-order valence-electron chi connectivity index (χ4n) is 2.92. The maximum absolute atomic E-state index is 5.76. The second kappa shape index (κ2) is 10.7. The van der Waals surface area contributed by atoms with Gasteiger partial charge in [-0.1, -0.05) is 50.1 Å². The Kier molecular flexibility index (Phi) is 8.51. The highest BCUT2D eigenvalue weighted by molar-refractivity contribution is 6.31. The van der Waals surface area contributed by atoms with Crippen molar-refractivity contribution in [2.24, 2.45) is 5.73 Å². The lowest BCUT2D eigenvalue weighted by Crippen LogP contribution is -2.17.